The Morgan fingerprint density at radius 1 is 0.685 bits per heavy atom. The Morgan fingerprint density at radius 3 is 1.96 bits per heavy atom. The fraction of sp³-hybridized carbons (Fsp3) is 0.229. The minimum atomic E-state index is -1.30. The third-order valence-electron chi connectivity index (χ3n) is 11.0. The molecule has 2 heterocycles. The van der Waals surface area contributed by atoms with Crippen molar-refractivity contribution in [2.45, 2.75) is 24.5 Å². The second-order valence-corrected chi connectivity index (χ2v) is 15.8. The van der Waals surface area contributed by atoms with Crippen molar-refractivity contribution < 1.29 is 5.11 Å². The summed E-state index contributed by atoms with van der Waals surface area (Å²) >= 11 is 3.86. The molecule has 0 bridgehead atoms. The van der Waals surface area contributed by atoms with Gasteiger partial charge in [-0.3, -0.25) is 4.90 Å². The van der Waals surface area contributed by atoms with Crippen LogP contribution >= 0.6 is 15.9 Å². The Bertz CT molecular complexity index is 2300. The second-order valence-electron chi connectivity index (χ2n) is 14.8. The molecule has 0 radical (unpaired) electrons. The number of rotatable bonds is 11. The number of aromatic nitrogens is 1. The van der Waals surface area contributed by atoms with E-state index in [1.54, 1.807) is 0 Å². The largest absolute Gasteiger partial charge is 0.380 e. The van der Waals surface area contributed by atoms with Gasteiger partial charge < -0.3 is 14.9 Å². The highest BCUT2D eigenvalue weighted by atomic mass is 79.9. The van der Waals surface area contributed by atoms with Crippen LogP contribution in [0.5, 0.6) is 0 Å². The molecule has 7 aromatic rings. The fourth-order valence-electron chi connectivity index (χ4n) is 8.28. The molecule has 1 atom stereocenters. The van der Waals surface area contributed by atoms with Gasteiger partial charge in [-0.2, -0.15) is 0 Å². The predicted molar refractivity (Wildman–Crippen MR) is 227 cm³/mol. The molecule has 8 rings (SSSR count). The van der Waals surface area contributed by atoms with Gasteiger partial charge in [-0.1, -0.05) is 149 Å². The molecule has 0 saturated carbocycles. The van der Waals surface area contributed by atoms with Crippen LogP contribution < -0.4 is 4.90 Å². The summed E-state index contributed by atoms with van der Waals surface area (Å²) < 4.78 is 0.926. The lowest BCUT2D eigenvalue weighted by molar-refractivity contribution is 0.0656. The second kappa shape index (κ2) is 15.9. The molecular weight excluding hydrogens is 728 g/mol. The summed E-state index contributed by atoms with van der Waals surface area (Å²) in [5, 5.41) is 16.4. The number of hydrogen-bond donors (Lipinski definition) is 1. The topological polar surface area (TPSA) is 42.8 Å². The first kappa shape index (κ1) is 36.1. The summed E-state index contributed by atoms with van der Waals surface area (Å²) in [5.74, 6) is 0.999. The SMILES string of the molecule is CN(C)CCC(O)(c1cccc2ccccc12)c1cc(Br)cc2cc(Cc3ccccc3)c(N3CCN(C(c4ccccc4)c4ccccc4)CC3)nc12. The molecule has 1 aliphatic heterocycles. The summed E-state index contributed by atoms with van der Waals surface area (Å²) in [6, 6.07) is 53.8. The van der Waals surface area contributed by atoms with E-state index < -0.39 is 5.60 Å². The van der Waals surface area contributed by atoms with Crippen molar-refractivity contribution >= 4 is 43.4 Å². The van der Waals surface area contributed by atoms with Gasteiger partial charge in [0, 0.05) is 54.6 Å². The number of fused-ring (bicyclic) bond motifs is 2. The van der Waals surface area contributed by atoms with Gasteiger partial charge in [0.25, 0.3) is 0 Å². The molecule has 54 heavy (non-hydrogen) atoms. The van der Waals surface area contributed by atoms with Gasteiger partial charge in [0.15, 0.2) is 0 Å². The number of piperazine rings is 1. The van der Waals surface area contributed by atoms with Gasteiger partial charge in [0.1, 0.15) is 11.4 Å². The van der Waals surface area contributed by atoms with E-state index in [0.29, 0.717) is 13.0 Å². The maximum absolute atomic E-state index is 13.2. The Morgan fingerprint density at radius 2 is 1.30 bits per heavy atom. The van der Waals surface area contributed by atoms with Gasteiger partial charge in [0.2, 0.25) is 0 Å². The van der Waals surface area contributed by atoms with E-state index in [1.807, 2.05) is 0 Å². The van der Waals surface area contributed by atoms with Gasteiger partial charge in [-0.25, -0.2) is 4.98 Å². The molecule has 1 aliphatic rings. The lowest BCUT2D eigenvalue weighted by Crippen LogP contribution is -2.48. The summed E-state index contributed by atoms with van der Waals surface area (Å²) in [4.78, 5) is 12.9. The maximum Gasteiger partial charge on any atom is 0.132 e. The molecule has 1 fully saturated rings. The summed E-state index contributed by atoms with van der Waals surface area (Å²) in [6.07, 6.45) is 1.29. The normalized spacial score (nSPS) is 15.0. The molecule has 0 amide bonds. The van der Waals surface area contributed by atoms with Crippen molar-refractivity contribution in [3.05, 3.63) is 190 Å². The molecule has 1 saturated heterocycles. The lowest BCUT2D eigenvalue weighted by Gasteiger charge is -2.41. The summed E-state index contributed by atoms with van der Waals surface area (Å²) in [5.41, 5.74) is 6.34. The number of aliphatic hydroxyl groups is 1. The third-order valence-corrected chi connectivity index (χ3v) is 11.4. The van der Waals surface area contributed by atoms with E-state index in [9.17, 15) is 5.11 Å². The van der Waals surface area contributed by atoms with Crippen LogP contribution in [0.2, 0.25) is 0 Å². The Balaban J connectivity index is 1.24. The van der Waals surface area contributed by atoms with Crippen molar-refractivity contribution in [3.8, 4) is 0 Å². The van der Waals surface area contributed by atoms with E-state index in [0.717, 1.165) is 75.7 Å². The number of anilines is 1. The summed E-state index contributed by atoms with van der Waals surface area (Å²) in [7, 11) is 4.13. The van der Waals surface area contributed by atoms with Crippen molar-refractivity contribution in [2.75, 3.05) is 51.7 Å². The average Bonchev–Trinajstić information content (AvgIpc) is 3.21. The monoisotopic (exact) mass is 774 g/mol. The molecule has 1 N–H and O–H groups in total. The summed E-state index contributed by atoms with van der Waals surface area (Å²) in [6.45, 7) is 4.19. The van der Waals surface area contributed by atoms with Gasteiger partial charge in [-0.15, -0.1) is 0 Å². The van der Waals surface area contributed by atoms with E-state index in [4.69, 9.17) is 4.98 Å². The Kier molecular flexibility index (Phi) is 10.6. The van der Waals surface area contributed by atoms with Crippen LogP contribution in [-0.4, -0.2) is 66.7 Å². The first-order valence-electron chi connectivity index (χ1n) is 19.0. The molecule has 6 aromatic carbocycles. The van der Waals surface area contributed by atoms with Crippen molar-refractivity contribution in [3.63, 3.8) is 0 Å². The maximum atomic E-state index is 13.2. The average molecular weight is 776 g/mol. The van der Waals surface area contributed by atoms with E-state index in [1.165, 1.54) is 22.3 Å². The first-order chi connectivity index (χ1) is 26.4. The number of nitrogens with zero attached hydrogens (tertiary/aromatic N) is 4. The molecule has 1 unspecified atom stereocenters. The zero-order chi connectivity index (χ0) is 37.1. The predicted octanol–water partition coefficient (Wildman–Crippen LogP) is 9.84. The smallest absolute Gasteiger partial charge is 0.132 e. The number of halogens is 1. The number of hydrogen-bond acceptors (Lipinski definition) is 5. The highest BCUT2D eigenvalue weighted by molar-refractivity contribution is 9.10. The van der Waals surface area contributed by atoms with Crippen molar-refractivity contribution in [1.29, 1.82) is 0 Å². The van der Waals surface area contributed by atoms with E-state index >= 15 is 0 Å². The standard InChI is InChI=1S/C48H47BrN4O/c1-51(2)26-25-48(54,43-24-14-22-36-17-12-13-23-42(36)43)44-34-41(49)33-39-32-40(31-35-15-6-3-7-16-35)47(50-45(39)44)53-29-27-52(28-30-53)46(37-18-8-4-9-19-37)38-20-10-5-11-21-38/h3-24,32-34,46,54H,25-31H2,1-2H3. The van der Waals surface area contributed by atoms with Crippen LogP contribution in [0.1, 0.15) is 45.8 Å². The molecule has 1 aromatic heterocycles. The van der Waals surface area contributed by atoms with Crippen molar-refractivity contribution in [1.82, 2.24) is 14.8 Å². The van der Waals surface area contributed by atoms with Crippen molar-refractivity contribution in [2.24, 2.45) is 0 Å². The molecule has 5 nitrogen and oxygen atoms in total. The quantitative estimate of drug-likeness (QED) is 0.142. The van der Waals surface area contributed by atoms with Crippen LogP contribution in [0, 0.1) is 0 Å². The highest BCUT2D eigenvalue weighted by Crippen LogP contribution is 2.43. The van der Waals surface area contributed by atoms with Gasteiger partial charge >= 0.3 is 0 Å². The van der Waals surface area contributed by atoms with Crippen LogP contribution in [0.4, 0.5) is 5.82 Å². The molecule has 0 aliphatic carbocycles. The molecule has 6 heteroatoms. The van der Waals surface area contributed by atoms with Gasteiger partial charge in [-0.05, 0) is 77.3 Å². The molecule has 272 valence electrons. The Hall–Kier alpha value is -4.85. The zero-order valence-electron chi connectivity index (χ0n) is 31.1. The highest BCUT2D eigenvalue weighted by Gasteiger charge is 2.36. The van der Waals surface area contributed by atoms with Crippen LogP contribution in [-0.2, 0) is 12.0 Å². The third kappa shape index (κ3) is 7.44. The number of benzene rings is 6. The van der Waals surface area contributed by atoms with Crippen LogP contribution in [0.25, 0.3) is 21.7 Å². The number of pyridine rings is 1. The molecule has 0 spiro atoms. The zero-order valence-corrected chi connectivity index (χ0v) is 32.7. The lowest BCUT2D eigenvalue weighted by atomic mass is 9.80. The Labute approximate surface area is 327 Å². The minimum Gasteiger partial charge on any atom is -0.380 e. The van der Waals surface area contributed by atoms with E-state index in [2.05, 4.69) is 196 Å². The minimum absolute atomic E-state index is 0.180. The van der Waals surface area contributed by atoms with Crippen LogP contribution in [0.15, 0.2) is 156 Å². The van der Waals surface area contributed by atoms with Gasteiger partial charge in [0.05, 0.1) is 11.6 Å². The molecular formula is C48H47BrN4O. The van der Waals surface area contributed by atoms with Crippen LogP contribution in [0.3, 0.4) is 0 Å². The fourth-order valence-corrected chi connectivity index (χ4v) is 8.76. The van der Waals surface area contributed by atoms with E-state index in [-0.39, 0.29) is 6.04 Å². The first-order valence-corrected chi connectivity index (χ1v) is 19.8.